The zero-order valence-electron chi connectivity index (χ0n) is 20.1. The summed E-state index contributed by atoms with van der Waals surface area (Å²) in [6, 6.07) is 20.2. The predicted molar refractivity (Wildman–Crippen MR) is 144 cm³/mol. The van der Waals surface area contributed by atoms with Crippen LogP contribution in [0.5, 0.6) is 5.75 Å². The zero-order chi connectivity index (χ0) is 26.4. The highest BCUT2D eigenvalue weighted by Crippen LogP contribution is 2.32. The molecule has 0 radical (unpaired) electrons. The van der Waals surface area contributed by atoms with Crippen molar-refractivity contribution in [2.75, 3.05) is 13.2 Å². The van der Waals surface area contributed by atoms with Crippen molar-refractivity contribution >= 4 is 43.3 Å². The van der Waals surface area contributed by atoms with Crippen molar-refractivity contribution in [3.63, 3.8) is 0 Å². The summed E-state index contributed by atoms with van der Waals surface area (Å²) in [5.74, 6) is 0.446. The van der Waals surface area contributed by atoms with Crippen LogP contribution in [0.25, 0.3) is 10.2 Å². The Hall–Kier alpha value is -3.80. The third kappa shape index (κ3) is 6.91. The van der Waals surface area contributed by atoms with E-state index in [9.17, 15) is 13.2 Å². The van der Waals surface area contributed by atoms with Gasteiger partial charge in [-0.2, -0.15) is 0 Å². The first-order chi connectivity index (χ1) is 17.7. The number of fused-ring (bicyclic) bond motifs is 1. The number of thiazole rings is 1. The molecule has 0 aliphatic heterocycles. The Kier molecular flexibility index (Phi) is 8.17. The highest BCUT2D eigenvalue weighted by Gasteiger charge is 2.25. The van der Waals surface area contributed by atoms with Gasteiger partial charge in [0.25, 0.3) is 0 Å². The van der Waals surface area contributed by atoms with Gasteiger partial charge in [-0.25, -0.2) is 18.1 Å². The van der Waals surface area contributed by atoms with E-state index in [0.29, 0.717) is 35.9 Å². The molecule has 0 saturated carbocycles. The molecule has 1 heterocycles. The van der Waals surface area contributed by atoms with Crippen LogP contribution < -0.4 is 20.5 Å². The predicted octanol–water partition coefficient (Wildman–Crippen LogP) is 3.36. The monoisotopic (exact) mass is 537 g/mol. The fourth-order valence-electron chi connectivity index (χ4n) is 3.69. The maximum Gasteiger partial charge on any atom is 0.241 e. The maximum absolute atomic E-state index is 13.2. The van der Waals surface area contributed by atoms with Gasteiger partial charge in [-0.3, -0.25) is 10.2 Å². The van der Waals surface area contributed by atoms with Gasteiger partial charge in [0.15, 0.2) is 0 Å². The van der Waals surface area contributed by atoms with Crippen molar-refractivity contribution in [3.8, 4) is 5.75 Å². The normalized spacial score (nSPS) is 12.2. The molecule has 1 atom stereocenters. The lowest BCUT2D eigenvalue weighted by Crippen LogP contribution is -2.30. The van der Waals surface area contributed by atoms with E-state index in [4.69, 9.17) is 20.9 Å². The molecular weight excluding hydrogens is 510 g/mol. The van der Waals surface area contributed by atoms with Gasteiger partial charge in [-0.05, 0) is 48.4 Å². The zero-order valence-corrected chi connectivity index (χ0v) is 21.7. The van der Waals surface area contributed by atoms with Crippen molar-refractivity contribution in [1.82, 2.24) is 15.0 Å². The van der Waals surface area contributed by atoms with Crippen LogP contribution in [0.3, 0.4) is 0 Å². The van der Waals surface area contributed by atoms with Crippen molar-refractivity contribution in [3.05, 3.63) is 88.9 Å². The van der Waals surface area contributed by atoms with Gasteiger partial charge < -0.3 is 15.8 Å². The third-order valence-electron chi connectivity index (χ3n) is 5.45. The fraction of sp³-hybridized carbons (Fsp3) is 0.192. The van der Waals surface area contributed by atoms with E-state index in [1.807, 2.05) is 18.2 Å². The third-order valence-corrected chi connectivity index (χ3v) is 8.07. The van der Waals surface area contributed by atoms with E-state index in [1.165, 1.54) is 18.3 Å². The SMILES string of the molecule is CC(=O)NCCOc1ccc2nc(C(Cc3cccc(C(=N)N)c3)NS(=O)(=O)c3ccccc3)sc2c1. The van der Waals surface area contributed by atoms with Crippen molar-refractivity contribution in [1.29, 1.82) is 5.41 Å². The van der Waals surface area contributed by atoms with Crippen LogP contribution in [0.15, 0.2) is 77.7 Å². The molecule has 0 saturated heterocycles. The van der Waals surface area contributed by atoms with Gasteiger partial charge in [0.1, 0.15) is 23.2 Å². The number of nitrogens with two attached hydrogens (primary N) is 1. The molecule has 11 heteroatoms. The van der Waals surface area contributed by atoms with E-state index in [-0.39, 0.29) is 16.6 Å². The van der Waals surface area contributed by atoms with E-state index in [0.717, 1.165) is 15.8 Å². The molecule has 37 heavy (non-hydrogen) atoms. The summed E-state index contributed by atoms with van der Waals surface area (Å²) < 4.78 is 35.8. The molecule has 1 aromatic heterocycles. The average Bonchev–Trinajstić information content (AvgIpc) is 3.30. The molecule has 1 unspecified atom stereocenters. The minimum absolute atomic E-state index is 0.0608. The highest BCUT2D eigenvalue weighted by atomic mass is 32.2. The number of carbonyl (C=O) groups excluding carboxylic acids is 1. The van der Waals surface area contributed by atoms with Crippen molar-refractivity contribution in [2.45, 2.75) is 24.3 Å². The molecule has 0 spiro atoms. The second kappa shape index (κ2) is 11.5. The number of amides is 1. The van der Waals surface area contributed by atoms with E-state index >= 15 is 0 Å². The number of carbonyl (C=O) groups is 1. The van der Waals surface area contributed by atoms with Crippen LogP contribution in [-0.4, -0.2) is 38.3 Å². The topological polar surface area (TPSA) is 147 Å². The summed E-state index contributed by atoms with van der Waals surface area (Å²) >= 11 is 1.37. The molecule has 4 aromatic rings. The van der Waals surface area contributed by atoms with Gasteiger partial charge in [0, 0.05) is 12.5 Å². The Balaban J connectivity index is 1.64. The lowest BCUT2D eigenvalue weighted by atomic mass is 10.0. The molecule has 0 bridgehead atoms. The molecule has 192 valence electrons. The summed E-state index contributed by atoms with van der Waals surface area (Å²) in [6.45, 7) is 2.16. The molecule has 0 fully saturated rings. The van der Waals surface area contributed by atoms with Crippen LogP contribution >= 0.6 is 11.3 Å². The Bertz CT molecular complexity index is 1520. The molecule has 0 aliphatic rings. The van der Waals surface area contributed by atoms with E-state index < -0.39 is 16.1 Å². The second-order valence-corrected chi connectivity index (χ2v) is 11.1. The van der Waals surface area contributed by atoms with Gasteiger partial charge in [-0.15, -0.1) is 11.3 Å². The number of nitrogen functional groups attached to an aromatic ring is 1. The lowest BCUT2D eigenvalue weighted by molar-refractivity contribution is -0.119. The number of nitrogens with zero attached hydrogens (tertiary/aromatic N) is 1. The Morgan fingerprint density at radius 2 is 1.89 bits per heavy atom. The van der Waals surface area contributed by atoms with Crippen LogP contribution in [0.1, 0.15) is 29.1 Å². The summed E-state index contributed by atoms with van der Waals surface area (Å²) in [5, 5.41) is 11.0. The first kappa shape index (κ1) is 26.3. The van der Waals surface area contributed by atoms with Crippen LogP contribution in [-0.2, 0) is 21.2 Å². The van der Waals surface area contributed by atoms with Gasteiger partial charge in [0.05, 0.1) is 27.7 Å². The summed E-state index contributed by atoms with van der Waals surface area (Å²) in [5.41, 5.74) is 7.75. The number of sulfonamides is 1. The van der Waals surface area contributed by atoms with Crippen molar-refractivity contribution < 1.29 is 17.9 Å². The van der Waals surface area contributed by atoms with E-state index in [1.54, 1.807) is 54.6 Å². The molecule has 9 nitrogen and oxygen atoms in total. The molecule has 5 N–H and O–H groups in total. The number of amidine groups is 1. The number of hydrogen-bond donors (Lipinski definition) is 4. The van der Waals surface area contributed by atoms with Crippen LogP contribution in [0.2, 0.25) is 0 Å². The minimum Gasteiger partial charge on any atom is -0.492 e. The maximum atomic E-state index is 13.2. The van der Waals surface area contributed by atoms with Crippen LogP contribution in [0.4, 0.5) is 0 Å². The molecule has 3 aromatic carbocycles. The second-order valence-electron chi connectivity index (χ2n) is 8.32. The largest absolute Gasteiger partial charge is 0.492 e. The number of aromatic nitrogens is 1. The highest BCUT2D eigenvalue weighted by molar-refractivity contribution is 7.89. The fourth-order valence-corrected chi connectivity index (χ4v) is 6.04. The molecule has 0 aliphatic carbocycles. The molecule has 1 amide bonds. The first-order valence-corrected chi connectivity index (χ1v) is 13.8. The van der Waals surface area contributed by atoms with E-state index in [2.05, 4.69) is 10.0 Å². The first-order valence-electron chi connectivity index (χ1n) is 11.5. The number of nitrogens with one attached hydrogen (secondary N) is 3. The minimum atomic E-state index is -3.83. The Labute approximate surface area is 219 Å². The smallest absolute Gasteiger partial charge is 0.241 e. The standard InChI is InChI=1S/C26H27N5O4S2/c1-17(32)29-12-13-35-20-10-11-22-24(16-20)36-26(30-22)23(15-18-6-5-7-19(14-18)25(27)28)31-37(33,34)21-8-3-2-4-9-21/h2-11,14,16,23,31H,12-13,15H2,1H3,(H3,27,28)(H,29,32). The number of rotatable bonds is 11. The average molecular weight is 538 g/mol. The van der Waals surface area contributed by atoms with Gasteiger partial charge in [0.2, 0.25) is 15.9 Å². The summed E-state index contributed by atoms with van der Waals surface area (Å²) in [4.78, 5) is 15.9. The quantitative estimate of drug-likeness (QED) is 0.131. The van der Waals surface area contributed by atoms with Crippen LogP contribution in [0, 0.1) is 5.41 Å². The molecular formula is C26H27N5O4S2. The molecule has 4 rings (SSSR count). The summed E-state index contributed by atoms with van der Waals surface area (Å²) in [7, 11) is -3.83. The van der Waals surface area contributed by atoms with Gasteiger partial charge >= 0.3 is 0 Å². The summed E-state index contributed by atoms with van der Waals surface area (Å²) in [6.07, 6.45) is 0.313. The number of benzene rings is 3. The van der Waals surface area contributed by atoms with Crippen molar-refractivity contribution in [2.24, 2.45) is 5.73 Å². The Morgan fingerprint density at radius 3 is 2.62 bits per heavy atom. The van der Waals surface area contributed by atoms with Gasteiger partial charge in [-0.1, -0.05) is 36.4 Å². The number of hydrogen-bond acceptors (Lipinski definition) is 7. The Morgan fingerprint density at radius 1 is 1.11 bits per heavy atom. The lowest BCUT2D eigenvalue weighted by Gasteiger charge is -2.17. The number of ether oxygens (including phenoxy) is 1.